The molecule has 0 spiro atoms. The lowest BCUT2D eigenvalue weighted by molar-refractivity contribution is 0.251. The molecule has 4 rings (SSSR count). The maximum Gasteiger partial charge on any atom is 0.319 e. The van der Waals surface area contributed by atoms with Crippen LogP contribution in [0.5, 0.6) is 0 Å². The van der Waals surface area contributed by atoms with Gasteiger partial charge in [-0.3, -0.25) is 0 Å². The zero-order chi connectivity index (χ0) is 20.9. The first-order chi connectivity index (χ1) is 14.6. The van der Waals surface area contributed by atoms with Crippen LogP contribution >= 0.6 is 0 Å². The number of hydrogen-bond donors (Lipinski definition) is 3. The summed E-state index contributed by atoms with van der Waals surface area (Å²) in [5, 5.41) is 10.2. The molecule has 1 aromatic heterocycles. The summed E-state index contributed by atoms with van der Waals surface area (Å²) in [6, 6.07) is 24.5. The monoisotopic (exact) mass is 401 g/mol. The summed E-state index contributed by atoms with van der Waals surface area (Å²) in [5.41, 5.74) is 9.57. The van der Waals surface area contributed by atoms with E-state index in [2.05, 4.69) is 15.7 Å². The topological polar surface area (TPSA) is 85.0 Å². The van der Waals surface area contributed by atoms with Crippen LogP contribution in [-0.2, 0) is 6.54 Å². The highest BCUT2D eigenvalue weighted by atomic mass is 19.1. The third kappa shape index (κ3) is 4.15. The number of aromatic nitrogens is 2. The molecule has 0 aliphatic carbocycles. The van der Waals surface area contributed by atoms with Gasteiger partial charge in [-0.05, 0) is 29.8 Å². The van der Waals surface area contributed by atoms with Crippen LogP contribution in [-0.4, -0.2) is 15.8 Å². The Balaban J connectivity index is 1.62. The molecular formula is C23H20FN5O. The molecule has 0 radical (unpaired) electrons. The Kier molecular flexibility index (Phi) is 5.43. The largest absolute Gasteiger partial charge is 0.382 e. The molecule has 0 fully saturated rings. The lowest BCUT2D eigenvalue weighted by Gasteiger charge is -2.09. The van der Waals surface area contributed by atoms with Crippen molar-refractivity contribution in [2.75, 3.05) is 11.1 Å². The number of nitrogens with two attached hydrogens (primary N) is 1. The van der Waals surface area contributed by atoms with E-state index in [1.165, 1.54) is 12.1 Å². The number of nitrogens with one attached hydrogen (secondary N) is 2. The first kappa shape index (κ1) is 19.2. The van der Waals surface area contributed by atoms with E-state index in [9.17, 15) is 9.18 Å². The lowest BCUT2D eigenvalue weighted by atomic mass is 10.1. The van der Waals surface area contributed by atoms with Gasteiger partial charge >= 0.3 is 6.03 Å². The van der Waals surface area contributed by atoms with Crippen LogP contribution in [0.2, 0.25) is 0 Å². The number of nitrogens with zero attached hydrogens (tertiary/aromatic N) is 2. The summed E-state index contributed by atoms with van der Waals surface area (Å²) < 4.78 is 14.9. The van der Waals surface area contributed by atoms with Gasteiger partial charge in [0, 0.05) is 12.1 Å². The van der Waals surface area contributed by atoms with Crippen molar-refractivity contribution in [2.45, 2.75) is 6.54 Å². The SMILES string of the molecule is Nc1c(NC(=O)NCc2cccc(F)c2)c(-c2ccccc2)nn1-c1ccccc1. The number of amides is 2. The van der Waals surface area contributed by atoms with Crippen molar-refractivity contribution in [3.8, 4) is 16.9 Å². The molecule has 2 amide bonds. The van der Waals surface area contributed by atoms with E-state index < -0.39 is 6.03 Å². The zero-order valence-corrected chi connectivity index (χ0v) is 16.0. The van der Waals surface area contributed by atoms with E-state index in [1.54, 1.807) is 16.8 Å². The number of benzene rings is 3. The highest BCUT2D eigenvalue weighted by molar-refractivity contribution is 5.97. The van der Waals surface area contributed by atoms with Gasteiger partial charge < -0.3 is 16.4 Å². The molecule has 3 aromatic carbocycles. The molecule has 0 saturated carbocycles. The second-order valence-corrected chi connectivity index (χ2v) is 6.66. The summed E-state index contributed by atoms with van der Waals surface area (Å²) in [5.74, 6) is -0.0459. The Morgan fingerprint density at radius 1 is 0.967 bits per heavy atom. The quantitative estimate of drug-likeness (QED) is 0.458. The zero-order valence-electron chi connectivity index (χ0n) is 16.0. The van der Waals surface area contributed by atoms with Crippen LogP contribution in [0.3, 0.4) is 0 Å². The fourth-order valence-electron chi connectivity index (χ4n) is 3.11. The molecule has 0 aliphatic heterocycles. The number of nitrogen functional groups attached to an aromatic ring is 1. The molecule has 4 N–H and O–H groups in total. The number of carbonyl (C=O) groups is 1. The van der Waals surface area contributed by atoms with E-state index in [4.69, 9.17) is 5.73 Å². The fourth-order valence-corrected chi connectivity index (χ4v) is 3.11. The van der Waals surface area contributed by atoms with E-state index >= 15 is 0 Å². The Labute approximate surface area is 173 Å². The van der Waals surface area contributed by atoms with E-state index in [1.807, 2.05) is 60.7 Å². The summed E-state index contributed by atoms with van der Waals surface area (Å²) in [6.07, 6.45) is 0. The van der Waals surface area contributed by atoms with E-state index in [0.717, 1.165) is 11.3 Å². The summed E-state index contributed by atoms with van der Waals surface area (Å²) in [7, 11) is 0. The van der Waals surface area contributed by atoms with Gasteiger partial charge in [0.15, 0.2) is 5.82 Å². The number of carbonyl (C=O) groups excluding carboxylic acids is 1. The van der Waals surface area contributed by atoms with Crippen molar-refractivity contribution >= 4 is 17.5 Å². The molecule has 6 nitrogen and oxygen atoms in total. The minimum absolute atomic E-state index is 0.178. The van der Waals surface area contributed by atoms with Gasteiger partial charge in [0.25, 0.3) is 0 Å². The van der Waals surface area contributed by atoms with Crippen molar-refractivity contribution in [1.29, 1.82) is 0 Å². The normalized spacial score (nSPS) is 10.6. The predicted molar refractivity (Wildman–Crippen MR) is 116 cm³/mol. The number of rotatable bonds is 5. The molecule has 0 unspecified atom stereocenters. The third-order valence-electron chi connectivity index (χ3n) is 4.55. The minimum atomic E-state index is -0.462. The van der Waals surface area contributed by atoms with E-state index in [0.29, 0.717) is 22.8 Å². The second kappa shape index (κ2) is 8.48. The van der Waals surface area contributed by atoms with Crippen LogP contribution in [0.1, 0.15) is 5.56 Å². The van der Waals surface area contributed by atoms with Gasteiger partial charge in [-0.25, -0.2) is 13.9 Å². The fraction of sp³-hybridized carbons (Fsp3) is 0.0435. The van der Waals surface area contributed by atoms with Gasteiger partial charge in [-0.15, -0.1) is 0 Å². The van der Waals surface area contributed by atoms with Crippen LogP contribution in [0.25, 0.3) is 16.9 Å². The van der Waals surface area contributed by atoms with Crippen LogP contribution in [0.4, 0.5) is 20.7 Å². The van der Waals surface area contributed by atoms with Gasteiger partial charge in [-0.1, -0.05) is 60.7 Å². The van der Waals surface area contributed by atoms with Gasteiger partial charge in [0.2, 0.25) is 0 Å². The second-order valence-electron chi connectivity index (χ2n) is 6.66. The van der Waals surface area contributed by atoms with Crippen molar-refractivity contribution in [1.82, 2.24) is 15.1 Å². The van der Waals surface area contributed by atoms with Gasteiger partial charge in [-0.2, -0.15) is 5.10 Å². The van der Waals surface area contributed by atoms with Crippen LogP contribution < -0.4 is 16.4 Å². The number of urea groups is 1. The standard InChI is InChI=1S/C23H20FN5O/c24-18-11-7-8-16(14-18)15-26-23(30)27-21-20(17-9-3-1-4-10-17)28-29(22(21)25)19-12-5-2-6-13-19/h1-14H,15,25H2,(H2,26,27,30). The Morgan fingerprint density at radius 3 is 2.37 bits per heavy atom. The minimum Gasteiger partial charge on any atom is -0.382 e. The van der Waals surface area contributed by atoms with Gasteiger partial charge in [0.1, 0.15) is 17.2 Å². The number of hydrogen-bond acceptors (Lipinski definition) is 3. The highest BCUT2D eigenvalue weighted by Crippen LogP contribution is 2.33. The lowest BCUT2D eigenvalue weighted by Crippen LogP contribution is -2.28. The summed E-state index contributed by atoms with van der Waals surface area (Å²) in [6.45, 7) is 0.178. The number of anilines is 2. The summed E-state index contributed by atoms with van der Waals surface area (Å²) >= 11 is 0. The molecule has 0 bridgehead atoms. The molecule has 0 atom stereocenters. The maximum atomic E-state index is 13.3. The molecule has 0 aliphatic rings. The van der Waals surface area contributed by atoms with Crippen molar-refractivity contribution < 1.29 is 9.18 Å². The molecule has 150 valence electrons. The molecule has 1 heterocycles. The average molecular weight is 401 g/mol. The van der Waals surface area contributed by atoms with Crippen molar-refractivity contribution in [3.05, 3.63) is 96.3 Å². The maximum absolute atomic E-state index is 13.3. The van der Waals surface area contributed by atoms with Crippen LogP contribution in [0.15, 0.2) is 84.9 Å². The number of halogens is 1. The van der Waals surface area contributed by atoms with Crippen molar-refractivity contribution in [3.63, 3.8) is 0 Å². The van der Waals surface area contributed by atoms with Gasteiger partial charge in [0.05, 0.1) is 5.69 Å². The third-order valence-corrected chi connectivity index (χ3v) is 4.55. The molecule has 0 saturated heterocycles. The Morgan fingerprint density at radius 2 is 1.67 bits per heavy atom. The molecule has 4 aromatic rings. The van der Waals surface area contributed by atoms with Crippen LogP contribution in [0, 0.1) is 5.82 Å². The van der Waals surface area contributed by atoms with Crippen molar-refractivity contribution in [2.24, 2.45) is 0 Å². The average Bonchev–Trinajstić information content (AvgIpc) is 3.10. The highest BCUT2D eigenvalue weighted by Gasteiger charge is 2.20. The Bertz CT molecular complexity index is 1160. The number of para-hydroxylation sites is 1. The molecule has 30 heavy (non-hydrogen) atoms. The van der Waals surface area contributed by atoms with E-state index in [-0.39, 0.29) is 12.4 Å². The Hall–Kier alpha value is -4.13. The summed E-state index contributed by atoms with van der Waals surface area (Å²) in [4.78, 5) is 12.5. The first-order valence-corrected chi connectivity index (χ1v) is 9.40. The first-order valence-electron chi connectivity index (χ1n) is 9.40. The predicted octanol–water partition coefficient (Wildman–Crippen LogP) is 4.58. The smallest absolute Gasteiger partial charge is 0.319 e. The molecular weight excluding hydrogens is 381 g/mol. The molecule has 7 heteroatoms.